The van der Waals surface area contributed by atoms with E-state index in [4.69, 9.17) is 5.11 Å². The summed E-state index contributed by atoms with van der Waals surface area (Å²) in [5.41, 5.74) is 0. The molecule has 0 unspecified atom stereocenters. The summed E-state index contributed by atoms with van der Waals surface area (Å²) < 4.78 is 4.69. The third-order valence-electron chi connectivity index (χ3n) is 1.32. The molecule has 0 aromatic rings. The number of aliphatic carboxylic acids is 1. The maximum Gasteiger partial charge on any atom is 0.317 e. The lowest BCUT2D eigenvalue weighted by molar-refractivity contribution is -0.143. The molecule has 0 radical (unpaired) electrons. The topological polar surface area (TPSA) is 75.6 Å². The molecule has 2 N–H and O–H groups in total. The molecular weight excluding hydrogens is 174 g/mol. The summed E-state index contributed by atoms with van der Waals surface area (Å²) in [7, 11) is 0. The molecule has 0 atom stereocenters. The highest BCUT2D eigenvalue weighted by atomic mass is 16.5. The zero-order valence-electron chi connectivity index (χ0n) is 7.71. The van der Waals surface area contributed by atoms with Crippen molar-refractivity contribution in [3.8, 4) is 0 Å². The molecule has 0 rings (SSSR count). The lowest BCUT2D eigenvalue weighted by Crippen LogP contribution is -2.24. The van der Waals surface area contributed by atoms with Gasteiger partial charge in [0.2, 0.25) is 0 Å². The second-order valence-electron chi connectivity index (χ2n) is 2.48. The lowest BCUT2D eigenvalue weighted by Gasteiger charge is -2.01. The largest absolute Gasteiger partial charge is 0.480 e. The summed E-state index contributed by atoms with van der Waals surface area (Å²) in [6, 6.07) is 0. The van der Waals surface area contributed by atoms with Crippen LogP contribution in [0.5, 0.6) is 0 Å². The van der Waals surface area contributed by atoms with Crippen LogP contribution < -0.4 is 5.32 Å². The van der Waals surface area contributed by atoms with Crippen LogP contribution in [0.2, 0.25) is 0 Å². The minimum absolute atomic E-state index is 0.0666. The third-order valence-corrected chi connectivity index (χ3v) is 1.32. The first kappa shape index (κ1) is 11.9. The Hall–Kier alpha value is -1.10. The Balaban J connectivity index is 3.16. The highest BCUT2D eigenvalue weighted by Crippen LogP contribution is 1.90. The predicted molar refractivity (Wildman–Crippen MR) is 46.4 cm³/mol. The van der Waals surface area contributed by atoms with E-state index in [9.17, 15) is 9.59 Å². The summed E-state index contributed by atoms with van der Waals surface area (Å²) in [4.78, 5) is 20.8. The number of carboxylic acid groups (broad SMARTS) is 1. The number of rotatable bonds is 7. The lowest BCUT2D eigenvalue weighted by atomic mass is 10.3. The van der Waals surface area contributed by atoms with E-state index in [1.165, 1.54) is 0 Å². The summed E-state index contributed by atoms with van der Waals surface area (Å²) in [5, 5.41) is 10.9. The van der Waals surface area contributed by atoms with E-state index in [2.05, 4.69) is 10.1 Å². The minimum Gasteiger partial charge on any atom is -0.480 e. The van der Waals surface area contributed by atoms with Gasteiger partial charge in [-0.05, 0) is 19.9 Å². The van der Waals surface area contributed by atoms with E-state index in [0.29, 0.717) is 26.0 Å². The predicted octanol–water partition coefficient (Wildman–Crippen LogP) is 0.00390. The SMILES string of the molecule is CCOC(=O)CCCNCC(=O)O. The summed E-state index contributed by atoms with van der Waals surface area (Å²) in [5.74, 6) is -1.13. The van der Waals surface area contributed by atoms with Gasteiger partial charge in [0.1, 0.15) is 0 Å². The van der Waals surface area contributed by atoms with Gasteiger partial charge < -0.3 is 15.2 Å². The first-order valence-electron chi connectivity index (χ1n) is 4.25. The van der Waals surface area contributed by atoms with Crippen LogP contribution in [-0.2, 0) is 14.3 Å². The van der Waals surface area contributed by atoms with Gasteiger partial charge in [0.25, 0.3) is 0 Å². The van der Waals surface area contributed by atoms with Crippen LogP contribution in [0, 0.1) is 0 Å². The molecule has 0 amide bonds. The van der Waals surface area contributed by atoms with Crippen LogP contribution in [0.25, 0.3) is 0 Å². The second-order valence-corrected chi connectivity index (χ2v) is 2.48. The fourth-order valence-corrected chi connectivity index (χ4v) is 0.786. The van der Waals surface area contributed by atoms with Crippen LogP contribution in [0.1, 0.15) is 19.8 Å². The number of hydrogen-bond donors (Lipinski definition) is 2. The molecule has 5 nitrogen and oxygen atoms in total. The molecule has 5 heteroatoms. The van der Waals surface area contributed by atoms with Gasteiger partial charge >= 0.3 is 11.9 Å². The quantitative estimate of drug-likeness (QED) is 0.435. The number of carbonyl (C=O) groups excluding carboxylic acids is 1. The van der Waals surface area contributed by atoms with Crippen molar-refractivity contribution in [1.29, 1.82) is 0 Å². The average Bonchev–Trinajstić information content (AvgIpc) is 2.03. The van der Waals surface area contributed by atoms with Crippen molar-refractivity contribution in [3.05, 3.63) is 0 Å². The molecule has 0 spiro atoms. The Morgan fingerprint density at radius 2 is 2.15 bits per heavy atom. The van der Waals surface area contributed by atoms with Gasteiger partial charge in [0, 0.05) is 6.42 Å². The highest BCUT2D eigenvalue weighted by molar-refractivity contribution is 5.69. The molecule has 0 aliphatic carbocycles. The van der Waals surface area contributed by atoms with Crippen molar-refractivity contribution in [1.82, 2.24) is 5.32 Å². The van der Waals surface area contributed by atoms with Gasteiger partial charge in [-0.1, -0.05) is 0 Å². The van der Waals surface area contributed by atoms with Crippen LogP contribution >= 0.6 is 0 Å². The van der Waals surface area contributed by atoms with Crippen LogP contribution in [0.3, 0.4) is 0 Å². The van der Waals surface area contributed by atoms with Crippen molar-refractivity contribution in [2.75, 3.05) is 19.7 Å². The fraction of sp³-hybridized carbons (Fsp3) is 0.750. The number of carboxylic acids is 1. The molecular formula is C8H15NO4. The van der Waals surface area contributed by atoms with Crippen LogP contribution in [-0.4, -0.2) is 36.7 Å². The first-order valence-corrected chi connectivity index (χ1v) is 4.25. The molecule has 0 bridgehead atoms. The molecule has 0 aliphatic rings. The van der Waals surface area contributed by atoms with E-state index in [-0.39, 0.29) is 12.5 Å². The number of nitrogens with one attached hydrogen (secondary N) is 1. The summed E-state index contributed by atoms with van der Waals surface area (Å²) in [6.07, 6.45) is 0.937. The third kappa shape index (κ3) is 8.81. The van der Waals surface area contributed by atoms with Gasteiger partial charge in [-0.3, -0.25) is 9.59 Å². The van der Waals surface area contributed by atoms with Crippen LogP contribution in [0.15, 0.2) is 0 Å². The second kappa shape index (κ2) is 7.54. The van der Waals surface area contributed by atoms with Crippen molar-refractivity contribution >= 4 is 11.9 Å². The van der Waals surface area contributed by atoms with Crippen molar-refractivity contribution < 1.29 is 19.4 Å². The van der Waals surface area contributed by atoms with Gasteiger partial charge in [-0.15, -0.1) is 0 Å². The number of carbonyl (C=O) groups is 2. The minimum atomic E-state index is -0.892. The Labute approximate surface area is 77.1 Å². The highest BCUT2D eigenvalue weighted by Gasteiger charge is 2.00. The van der Waals surface area contributed by atoms with Crippen molar-refractivity contribution in [3.63, 3.8) is 0 Å². The molecule has 76 valence electrons. The van der Waals surface area contributed by atoms with Gasteiger partial charge in [-0.2, -0.15) is 0 Å². The summed E-state index contributed by atoms with van der Waals surface area (Å²) >= 11 is 0. The summed E-state index contributed by atoms with van der Waals surface area (Å²) in [6.45, 7) is 2.59. The normalized spacial score (nSPS) is 9.62. The van der Waals surface area contributed by atoms with Gasteiger partial charge in [0.05, 0.1) is 13.2 Å². The molecule has 0 aromatic heterocycles. The van der Waals surface area contributed by atoms with E-state index in [1.54, 1.807) is 6.92 Å². The smallest absolute Gasteiger partial charge is 0.317 e. The average molecular weight is 189 g/mol. The molecule has 0 aliphatic heterocycles. The number of esters is 1. The maximum absolute atomic E-state index is 10.8. The Bertz CT molecular complexity index is 170. The van der Waals surface area contributed by atoms with E-state index < -0.39 is 5.97 Å². The van der Waals surface area contributed by atoms with E-state index in [1.807, 2.05) is 0 Å². The molecule has 13 heavy (non-hydrogen) atoms. The molecule has 0 saturated carbocycles. The zero-order chi connectivity index (χ0) is 10.1. The Kier molecular flexibility index (Phi) is 6.91. The van der Waals surface area contributed by atoms with Gasteiger partial charge in [-0.25, -0.2) is 0 Å². The monoisotopic (exact) mass is 189 g/mol. The van der Waals surface area contributed by atoms with Crippen LogP contribution in [0.4, 0.5) is 0 Å². The fourth-order valence-electron chi connectivity index (χ4n) is 0.786. The van der Waals surface area contributed by atoms with Gasteiger partial charge in [0.15, 0.2) is 0 Å². The Morgan fingerprint density at radius 3 is 2.69 bits per heavy atom. The molecule has 0 fully saturated rings. The number of hydrogen-bond acceptors (Lipinski definition) is 4. The molecule has 0 heterocycles. The van der Waals surface area contributed by atoms with Crippen molar-refractivity contribution in [2.45, 2.75) is 19.8 Å². The van der Waals surface area contributed by atoms with E-state index >= 15 is 0 Å². The molecule has 0 saturated heterocycles. The standard InChI is InChI=1S/C8H15NO4/c1-2-13-8(12)4-3-5-9-6-7(10)11/h9H,2-6H2,1H3,(H,10,11). The van der Waals surface area contributed by atoms with E-state index in [0.717, 1.165) is 0 Å². The molecule has 0 aromatic carbocycles. The zero-order valence-corrected chi connectivity index (χ0v) is 7.71. The Morgan fingerprint density at radius 1 is 1.46 bits per heavy atom. The van der Waals surface area contributed by atoms with Crippen molar-refractivity contribution in [2.24, 2.45) is 0 Å². The first-order chi connectivity index (χ1) is 6.16. The number of ether oxygens (including phenoxy) is 1. The maximum atomic E-state index is 10.8.